The van der Waals surface area contributed by atoms with Crippen LogP contribution in [-0.4, -0.2) is 20.2 Å². The molecule has 0 fully saturated rings. The van der Waals surface area contributed by atoms with Gasteiger partial charge in [-0.2, -0.15) is 5.10 Å². The van der Waals surface area contributed by atoms with Crippen LogP contribution in [0.5, 0.6) is 0 Å². The van der Waals surface area contributed by atoms with Gasteiger partial charge in [0.05, 0.1) is 0 Å². The zero-order valence-electron chi connectivity index (χ0n) is 9.54. The Morgan fingerprint density at radius 2 is 1.83 bits per heavy atom. The van der Waals surface area contributed by atoms with Gasteiger partial charge >= 0.3 is 0 Å². The third-order valence-corrected chi connectivity index (χ3v) is 2.58. The van der Waals surface area contributed by atoms with Gasteiger partial charge in [0, 0.05) is 29.2 Å². The lowest BCUT2D eigenvalue weighted by Gasteiger charge is -1.96. The summed E-state index contributed by atoms with van der Waals surface area (Å²) in [5, 5.41) is 7.10. The zero-order chi connectivity index (χ0) is 12.4. The molecule has 0 amide bonds. The van der Waals surface area contributed by atoms with E-state index in [0.717, 1.165) is 17.0 Å². The van der Waals surface area contributed by atoms with Crippen LogP contribution in [0.25, 0.3) is 22.8 Å². The fraction of sp³-hybridized carbons (Fsp3) is 0. The Morgan fingerprint density at radius 3 is 2.61 bits per heavy atom. The second kappa shape index (κ2) is 4.29. The molecule has 1 aromatic carbocycles. The number of nitrogens with one attached hydrogen (secondary N) is 1. The molecule has 0 atom stereocenters. The zero-order valence-corrected chi connectivity index (χ0v) is 9.54. The van der Waals surface area contributed by atoms with Crippen LogP contribution < -0.4 is 5.73 Å². The summed E-state index contributed by atoms with van der Waals surface area (Å²) in [4.78, 5) is 8.41. The number of nitrogens with two attached hydrogens (primary N) is 1. The van der Waals surface area contributed by atoms with E-state index in [1.165, 1.54) is 0 Å². The SMILES string of the molecule is Nc1cccc(-c2n[nH]c(-c3ccncc3)n2)c1. The average molecular weight is 237 g/mol. The predicted molar refractivity (Wildman–Crippen MR) is 69.5 cm³/mol. The summed E-state index contributed by atoms with van der Waals surface area (Å²) < 4.78 is 0. The Morgan fingerprint density at radius 1 is 1.00 bits per heavy atom. The van der Waals surface area contributed by atoms with E-state index in [4.69, 9.17) is 5.73 Å². The van der Waals surface area contributed by atoms with Crippen LogP contribution >= 0.6 is 0 Å². The Hall–Kier alpha value is -2.69. The highest BCUT2D eigenvalue weighted by Crippen LogP contribution is 2.20. The molecule has 88 valence electrons. The summed E-state index contributed by atoms with van der Waals surface area (Å²) in [6.45, 7) is 0. The molecule has 0 bridgehead atoms. The molecule has 3 rings (SSSR count). The van der Waals surface area contributed by atoms with Crippen molar-refractivity contribution < 1.29 is 0 Å². The molecule has 0 saturated heterocycles. The van der Waals surface area contributed by atoms with Crippen molar-refractivity contribution >= 4 is 5.69 Å². The minimum absolute atomic E-state index is 0.633. The molecule has 3 N–H and O–H groups in total. The number of benzene rings is 1. The minimum Gasteiger partial charge on any atom is -0.399 e. The number of nitrogen functional groups attached to an aromatic ring is 1. The number of aromatic amines is 1. The Balaban J connectivity index is 2.00. The van der Waals surface area contributed by atoms with Crippen molar-refractivity contribution in [2.45, 2.75) is 0 Å². The lowest BCUT2D eigenvalue weighted by atomic mass is 10.2. The smallest absolute Gasteiger partial charge is 0.181 e. The highest BCUT2D eigenvalue weighted by molar-refractivity contribution is 5.63. The van der Waals surface area contributed by atoms with E-state index in [-0.39, 0.29) is 0 Å². The van der Waals surface area contributed by atoms with Crippen molar-refractivity contribution in [2.75, 3.05) is 5.73 Å². The molecule has 0 saturated carbocycles. The Bertz CT molecular complexity index is 660. The van der Waals surface area contributed by atoms with Gasteiger partial charge in [-0.3, -0.25) is 10.1 Å². The summed E-state index contributed by atoms with van der Waals surface area (Å²) in [5.74, 6) is 1.35. The summed E-state index contributed by atoms with van der Waals surface area (Å²) in [6, 6.07) is 11.2. The van der Waals surface area contributed by atoms with Crippen LogP contribution in [0.4, 0.5) is 5.69 Å². The van der Waals surface area contributed by atoms with Gasteiger partial charge in [0.1, 0.15) is 0 Å². The third-order valence-electron chi connectivity index (χ3n) is 2.58. The Kier molecular flexibility index (Phi) is 2.49. The third kappa shape index (κ3) is 1.93. The number of hydrogen-bond acceptors (Lipinski definition) is 4. The van der Waals surface area contributed by atoms with E-state index in [1.54, 1.807) is 12.4 Å². The quantitative estimate of drug-likeness (QED) is 0.669. The van der Waals surface area contributed by atoms with Gasteiger partial charge in [0.2, 0.25) is 0 Å². The molecule has 5 heteroatoms. The van der Waals surface area contributed by atoms with Gasteiger partial charge in [0.25, 0.3) is 0 Å². The standard InChI is InChI=1S/C13H11N5/c14-11-3-1-2-10(8-11)13-16-12(17-18-13)9-4-6-15-7-5-9/h1-8H,14H2,(H,16,17,18). The molecule has 0 aliphatic rings. The fourth-order valence-electron chi connectivity index (χ4n) is 1.71. The first-order chi connectivity index (χ1) is 8.83. The van der Waals surface area contributed by atoms with Crippen molar-refractivity contribution in [1.29, 1.82) is 0 Å². The topological polar surface area (TPSA) is 80.5 Å². The average Bonchev–Trinajstić information content (AvgIpc) is 2.89. The first-order valence-electron chi connectivity index (χ1n) is 5.51. The lowest BCUT2D eigenvalue weighted by molar-refractivity contribution is 1.10. The van der Waals surface area contributed by atoms with Crippen LogP contribution in [0.15, 0.2) is 48.8 Å². The summed E-state index contributed by atoms with van der Waals surface area (Å²) in [6.07, 6.45) is 3.44. The van der Waals surface area contributed by atoms with E-state index in [2.05, 4.69) is 20.2 Å². The van der Waals surface area contributed by atoms with Crippen LogP contribution in [0.2, 0.25) is 0 Å². The number of aromatic nitrogens is 4. The van der Waals surface area contributed by atoms with E-state index in [9.17, 15) is 0 Å². The van der Waals surface area contributed by atoms with E-state index in [1.807, 2.05) is 36.4 Å². The van der Waals surface area contributed by atoms with Gasteiger partial charge < -0.3 is 5.73 Å². The second-order valence-corrected chi connectivity index (χ2v) is 3.87. The number of H-pyrrole nitrogens is 1. The van der Waals surface area contributed by atoms with Crippen molar-refractivity contribution in [3.63, 3.8) is 0 Å². The molecule has 0 unspecified atom stereocenters. The molecular weight excluding hydrogens is 226 g/mol. The van der Waals surface area contributed by atoms with Crippen LogP contribution in [0.1, 0.15) is 0 Å². The van der Waals surface area contributed by atoms with Crippen LogP contribution in [0.3, 0.4) is 0 Å². The summed E-state index contributed by atoms with van der Waals surface area (Å²) in [7, 11) is 0. The summed E-state index contributed by atoms with van der Waals surface area (Å²) >= 11 is 0. The van der Waals surface area contributed by atoms with Crippen molar-refractivity contribution in [1.82, 2.24) is 20.2 Å². The predicted octanol–water partition coefficient (Wildman–Crippen LogP) is 2.12. The molecule has 2 heterocycles. The normalized spacial score (nSPS) is 10.4. The second-order valence-electron chi connectivity index (χ2n) is 3.87. The molecular formula is C13H11N5. The van der Waals surface area contributed by atoms with E-state index < -0.39 is 0 Å². The van der Waals surface area contributed by atoms with Crippen LogP contribution in [0, 0.1) is 0 Å². The van der Waals surface area contributed by atoms with Gasteiger partial charge in [-0.1, -0.05) is 12.1 Å². The molecule has 5 nitrogen and oxygen atoms in total. The van der Waals surface area contributed by atoms with Crippen molar-refractivity contribution in [2.24, 2.45) is 0 Å². The van der Waals surface area contributed by atoms with Gasteiger partial charge in [-0.25, -0.2) is 4.98 Å². The molecule has 18 heavy (non-hydrogen) atoms. The van der Waals surface area contributed by atoms with E-state index >= 15 is 0 Å². The summed E-state index contributed by atoms with van der Waals surface area (Å²) in [5.41, 5.74) is 8.28. The number of hydrogen-bond donors (Lipinski definition) is 2. The highest BCUT2D eigenvalue weighted by atomic mass is 15.2. The number of rotatable bonds is 2. The molecule has 3 aromatic rings. The maximum Gasteiger partial charge on any atom is 0.181 e. The fourth-order valence-corrected chi connectivity index (χ4v) is 1.71. The lowest BCUT2D eigenvalue weighted by Crippen LogP contribution is -1.86. The van der Waals surface area contributed by atoms with Gasteiger partial charge in [0.15, 0.2) is 11.6 Å². The minimum atomic E-state index is 0.633. The molecule has 2 aromatic heterocycles. The van der Waals surface area contributed by atoms with Gasteiger partial charge in [-0.15, -0.1) is 0 Å². The van der Waals surface area contributed by atoms with Gasteiger partial charge in [-0.05, 0) is 24.3 Å². The Labute approximate surface area is 104 Å². The number of anilines is 1. The highest BCUT2D eigenvalue weighted by Gasteiger charge is 2.07. The molecule has 0 aliphatic carbocycles. The maximum absolute atomic E-state index is 5.74. The van der Waals surface area contributed by atoms with Crippen molar-refractivity contribution in [3.05, 3.63) is 48.8 Å². The molecule has 0 aliphatic heterocycles. The van der Waals surface area contributed by atoms with Crippen molar-refractivity contribution in [3.8, 4) is 22.8 Å². The largest absolute Gasteiger partial charge is 0.399 e. The van der Waals surface area contributed by atoms with E-state index in [0.29, 0.717) is 11.5 Å². The van der Waals surface area contributed by atoms with Crippen LogP contribution in [-0.2, 0) is 0 Å². The molecule has 0 spiro atoms. The maximum atomic E-state index is 5.74. The monoisotopic (exact) mass is 237 g/mol. The molecule has 0 radical (unpaired) electrons. The number of nitrogens with zero attached hydrogens (tertiary/aromatic N) is 3. The first-order valence-corrected chi connectivity index (χ1v) is 5.51. The first kappa shape index (κ1) is 10.5. The number of pyridine rings is 1.